The Kier molecular flexibility index (Phi) is 4.59. The largest absolute Gasteiger partial charge is 0.456 e. The van der Waals surface area contributed by atoms with Crippen molar-refractivity contribution in [1.82, 2.24) is 0 Å². The highest BCUT2D eigenvalue weighted by atomic mass is 35.5. The zero-order valence-electron chi connectivity index (χ0n) is 13.6. The van der Waals surface area contributed by atoms with Crippen LogP contribution < -0.4 is 9.64 Å². The Morgan fingerprint density at radius 2 is 2.00 bits per heavy atom. The van der Waals surface area contributed by atoms with Crippen molar-refractivity contribution >= 4 is 23.2 Å². The number of carbonyl (C=O) groups excluding carboxylic acids is 1. The highest BCUT2D eigenvalue weighted by Gasteiger charge is 2.34. The maximum atomic E-state index is 12.7. The summed E-state index contributed by atoms with van der Waals surface area (Å²) in [5.74, 6) is 2.42. The van der Waals surface area contributed by atoms with Crippen molar-refractivity contribution in [3.05, 3.63) is 52.5 Å². The van der Waals surface area contributed by atoms with Crippen molar-refractivity contribution in [2.75, 3.05) is 11.4 Å². The second-order valence-corrected chi connectivity index (χ2v) is 6.22. The first kappa shape index (κ1) is 18.2. The molecule has 1 aliphatic rings. The molecule has 7 heteroatoms. The van der Waals surface area contributed by atoms with Gasteiger partial charge in [-0.3, -0.25) is 9.69 Å². The highest BCUT2D eigenvalue weighted by molar-refractivity contribution is 6.32. The quantitative estimate of drug-likeness (QED) is 0.683. The van der Waals surface area contributed by atoms with E-state index in [0.717, 1.165) is 23.8 Å². The molecule has 0 saturated carbocycles. The van der Waals surface area contributed by atoms with Crippen molar-refractivity contribution in [3.8, 4) is 23.8 Å². The molecule has 0 saturated heterocycles. The number of halogens is 4. The van der Waals surface area contributed by atoms with E-state index in [1.54, 1.807) is 25.1 Å². The van der Waals surface area contributed by atoms with Crippen LogP contribution in [0.5, 0.6) is 11.5 Å². The van der Waals surface area contributed by atoms with Crippen molar-refractivity contribution in [2.24, 2.45) is 0 Å². The van der Waals surface area contributed by atoms with Gasteiger partial charge in [0.15, 0.2) is 0 Å². The van der Waals surface area contributed by atoms with Crippen LogP contribution in [-0.2, 0) is 11.0 Å². The van der Waals surface area contributed by atoms with Gasteiger partial charge in [-0.15, -0.1) is 6.42 Å². The Balaban J connectivity index is 1.89. The Morgan fingerprint density at radius 3 is 2.62 bits per heavy atom. The molecule has 0 N–H and O–H groups in total. The topological polar surface area (TPSA) is 29.5 Å². The molecule has 0 bridgehead atoms. The average molecular weight is 380 g/mol. The summed E-state index contributed by atoms with van der Waals surface area (Å²) in [4.78, 5) is 13.8. The molecule has 0 aliphatic carbocycles. The van der Waals surface area contributed by atoms with E-state index in [9.17, 15) is 18.0 Å². The fraction of sp³-hybridized carbons (Fsp3) is 0.211. The van der Waals surface area contributed by atoms with Crippen LogP contribution >= 0.6 is 11.6 Å². The van der Waals surface area contributed by atoms with Crippen LogP contribution in [0.2, 0.25) is 5.02 Å². The van der Waals surface area contributed by atoms with Gasteiger partial charge in [0, 0.05) is 5.69 Å². The van der Waals surface area contributed by atoms with Crippen molar-refractivity contribution in [1.29, 1.82) is 0 Å². The average Bonchev–Trinajstić information content (AvgIpc) is 2.81. The number of terminal acetylenes is 1. The van der Waals surface area contributed by atoms with Crippen LogP contribution in [0, 0.1) is 12.3 Å². The number of alkyl halides is 3. The second-order valence-electron chi connectivity index (χ2n) is 5.82. The van der Waals surface area contributed by atoms with Crippen LogP contribution in [0.15, 0.2) is 36.4 Å². The summed E-state index contributed by atoms with van der Waals surface area (Å²) < 4.78 is 43.7. The predicted octanol–water partition coefficient (Wildman–Crippen LogP) is 5.23. The molecule has 134 valence electrons. The van der Waals surface area contributed by atoms with Crippen molar-refractivity contribution < 1.29 is 22.7 Å². The van der Waals surface area contributed by atoms with Crippen LogP contribution in [0.1, 0.15) is 24.0 Å². The molecule has 0 radical (unpaired) electrons. The fourth-order valence-electron chi connectivity index (χ4n) is 2.82. The first-order valence-corrected chi connectivity index (χ1v) is 8.03. The number of nitrogens with zero attached hydrogens (tertiary/aromatic N) is 1. The molecule has 3 rings (SSSR count). The van der Waals surface area contributed by atoms with Gasteiger partial charge in [-0.2, -0.15) is 13.2 Å². The number of hydrogen-bond acceptors (Lipinski definition) is 2. The van der Waals surface area contributed by atoms with Gasteiger partial charge in [0.25, 0.3) is 0 Å². The lowest BCUT2D eigenvalue weighted by atomic mass is 10.0. The molecule has 0 aromatic heterocycles. The van der Waals surface area contributed by atoms with Crippen LogP contribution in [0.25, 0.3) is 0 Å². The molecule has 1 heterocycles. The van der Waals surface area contributed by atoms with Crippen molar-refractivity contribution in [3.63, 3.8) is 0 Å². The predicted molar refractivity (Wildman–Crippen MR) is 92.6 cm³/mol. The monoisotopic (exact) mass is 379 g/mol. The van der Waals surface area contributed by atoms with E-state index in [1.165, 1.54) is 4.90 Å². The number of amides is 1. The number of anilines is 1. The molecule has 1 unspecified atom stereocenters. The van der Waals surface area contributed by atoms with Gasteiger partial charge < -0.3 is 4.74 Å². The molecule has 2 aromatic rings. The number of fused-ring (bicyclic) bond motifs is 1. The summed E-state index contributed by atoms with van der Waals surface area (Å²) in [7, 11) is 0. The SMILES string of the molecule is C#CCN1C(=O)C(C)c2cc(Oc3ccc(C(F)(F)F)cc3Cl)ccc21. The number of ether oxygens (including phenoxy) is 1. The Morgan fingerprint density at radius 1 is 1.27 bits per heavy atom. The Hall–Kier alpha value is -2.65. The van der Waals surface area contributed by atoms with Crippen LogP contribution in [-0.4, -0.2) is 12.5 Å². The third kappa shape index (κ3) is 3.23. The first-order chi connectivity index (χ1) is 12.2. The smallest absolute Gasteiger partial charge is 0.416 e. The molecule has 1 atom stereocenters. The summed E-state index contributed by atoms with van der Waals surface area (Å²) in [6.45, 7) is 1.92. The van der Waals surface area contributed by atoms with Gasteiger partial charge in [0.2, 0.25) is 5.91 Å². The first-order valence-electron chi connectivity index (χ1n) is 7.65. The van der Waals surface area contributed by atoms with Gasteiger partial charge >= 0.3 is 6.18 Å². The third-order valence-corrected chi connectivity index (χ3v) is 4.42. The Labute approximate surface area is 153 Å². The maximum Gasteiger partial charge on any atom is 0.416 e. The minimum Gasteiger partial charge on any atom is -0.456 e. The lowest BCUT2D eigenvalue weighted by Gasteiger charge is -2.15. The molecule has 1 amide bonds. The van der Waals surface area contributed by atoms with Crippen LogP contribution in [0.4, 0.5) is 18.9 Å². The Bertz CT molecular complexity index is 918. The molecule has 26 heavy (non-hydrogen) atoms. The number of hydrogen-bond donors (Lipinski definition) is 0. The molecule has 3 nitrogen and oxygen atoms in total. The molecular formula is C19H13ClF3NO2. The van der Waals surface area contributed by atoms with Crippen molar-refractivity contribution in [2.45, 2.75) is 19.0 Å². The molecular weight excluding hydrogens is 367 g/mol. The molecule has 0 fully saturated rings. The number of benzene rings is 2. The maximum absolute atomic E-state index is 12.7. The summed E-state index contributed by atoms with van der Waals surface area (Å²) in [5, 5.41) is -0.154. The summed E-state index contributed by atoms with van der Waals surface area (Å²) in [5.41, 5.74) is 0.588. The number of carbonyl (C=O) groups is 1. The van der Waals surface area contributed by atoms with E-state index < -0.39 is 11.7 Å². The second kappa shape index (κ2) is 6.58. The van der Waals surface area contributed by atoms with E-state index >= 15 is 0 Å². The molecule has 2 aromatic carbocycles. The zero-order valence-corrected chi connectivity index (χ0v) is 14.4. The summed E-state index contributed by atoms with van der Waals surface area (Å²) in [6, 6.07) is 7.85. The van der Waals surface area contributed by atoms with E-state index in [2.05, 4.69) is 5.92 Å². The molecule has 1 aliphatic heterocycles. The highest BCUT2D eigenvalue weighted by Crippen LogP contribution is 2.41. The van der Waals surface area contributed by atoms with E-state index in [-0.39, 0.29) is 29.1 Å². The normalized spacial score (nSPS) is 16.4. The fourth-order valence-corrected chi connectivity index (χ4v) is 3.03. The van der Waals surface area contributed by atoms with Crippen LogP contribution in [0.3, 0.4) is 0 Å². The molecule has 0 spiro atoms. The van der Waals surface area contributed by atoms with Gasteiger partial charge in [-0.1, -0.05) is 17.5 Å². The lowest BCUT2D eigenvalue weighted by Crippen LogP contribution is -2.28. The van der Waals surface area contributed by atoms with E-state index in [0.29, 0.717) is 11.4 Å². The minimum absolute atomic E-state index is 0.0945. The van der Waals surface area contributed by atoms with Gasteiger partial charge in [-0.25, -0.2) is 0 Å². The third-order valence-electron chi connectivity index (χ3n) is 4.13. The van der Waals surface area contributed by atoms with Gasteiger partial charge in [0.1, 0.15) is 11.5 Å². The van der Waals surface area contributed by atoms with Gasteiger partial charge in [0.05, 0.1) is 23.0 Å². The summed E-state index contributed by atoms with van der Waals surface area (Å²) in [6.07, 6.45) is 0.821. The summed E-state index contributed by atoms with van der Waals surface area (Å²) >= 11 is 5.91. The lowest BCUT2D eigenvalue weighted by molar-refractivity contribution is -0.137. The van der Waals surface area contributed by atoms with E-state index in [4.69, 9.17) is 22.8 Å². The standard InChI is InChI=1S/C19H13ClF3NO2/c1-3-8-24-16-6-5-13(10-14(16)11(2)18(24)25)26-17-7-4-12(9-15(17)20)19(21,22)23/h1,4-7,9-11H,8H2,2H3. The van der Waals surface area contributed by atoms with E-state index in [1.807, 2.05) is 0 Å². The van der Waals surface area contributed by atoms with Gasteiger partial charge in [-0.05, 0) is 48.9 Å². The number of rotatable bonds is 3. The zero-order chi connectivity index (χ0) is 19.1. The minimum atomic E-state index is -4.48.